The molecule has 4 atom stereocenters. The number of amides is 1. The highest BCUT2D eigenvalue weighted by atomic mass is 19.1. The van der Waals surface area contributed by atoms with Gasteiger partial charge in [-0.3, -0.25) is 9.69 Å². The summed E-state index contributed by atoms with van der Waals surface area (Å²) in [4.78, 5) is 17.0. The number of rotatable bonds is 3. The lowest BCUT2D eigenvalue weighted by Crippen LogP contribution is -2.56. The molecule has 0 bridgehead atoms. The van der Waals surface area contributed by atoms with Crippen LogP contribution in [0.2, 0.25) is 0 Å². The van der Waals surface area contributed by atoms with Gasteiger partial charge in [-0.25, -0.2) is 4.39 Å². The van der Waals surface area contributed by atoms with Gasteiger partial charge in [0.25, 0.3) is 0 Å². The standard InChI is InChI=1S/C19H27FN2O3/c1-13-10-22(11-14(2)25-13)19(23)15(3)21-8-9-24-18(12-21)16-4-6-17(20)7-5-16/h4-7,13-15,18H,8-12H2,1-3H3. The molecule has 5 nitrogen and oxygen atoms in total. The summed E-state index contributed by atoms with van der Waals surface area (Å²) in [5.74, 6) is -0.114. The SMILES string of the molecule is CC1CN(C(=O)C(C)N2CCOC(c3ccc(F)cc3)C2)CC(C)O1. The molecule has 0 spiro atoms. The molecule has 1 aromatic rings. The van der Waals surface area contributed by atoms with Crippen molar-refractivity contribution in [2.75, 3.05) is 32.8 Å². The number of ether oxygens (including phenoxy) is 2. The van der Waals surface area contributed by atoms with Crippen molar-refractivity contribution < 1.29 is 18.7 Å². The van der Waals surface area contributed by atoms with Gasteiger partial charge in [0.05, 0.1) is 31.0 Å². The summed E-state index contributed by atoms with van der Waals surface area (Å²) in [6, 6.07) is 6.19. The number of hydrogen-bond acceptors (Lipinski definition) is 4. The van der Waals surface area contributed by atoms with Crippen LogP contribution in [0.1, 0.15) is 32.4 Å². The van der Waals surface area contributed by atoms with Crippen LogP contribution < -0.4 is 0 Å². The third-order valence-corrected chi connectivity index (χ3v) is 4.98. The molecule has 3 rings (SSSR count). The maximum absolute atomic E-state index is 13.1. The lowest BCUT2D eigenvalue weighted by molar-refractivity contribution is -0.151. The van der Waals surface area contributed by atoms with E-state index in [0.717, 1.165) is 12.1 Å². The van der Waals surface area contributed by atoms with Crippen LogP contribution in [0, 0.1) is 5.82 Å². The third kappa shape index (κ3) is 4.37. The van der Waals surface area contributed by atoms with Crippen molar-refractivity contribution in [2.24, 2.45) is 0 Å². The van der Waals surface area contributed by atoms with Gasteiger partial charge in [0.15, 0.2) is 0 Å². The predicted octanol–water partition coefficient (Wildman–Crippen LogP) is 2.22. The number of hydrogen-bond donors (Lipinski definition) is 0. The van der Waals surface area contributed by atoms with Crippen LogP contribution in [0.25, 0.3) is 0 Å². The van der Waals surface area contributed by atoms with Gasteiger partial charge in [0.1, 0.15) is 5.82 Å². The molecule has 138 valence electrons. The fourth-order valence-corrected chi connectivity index (χ4v) is 3.68. The van der Waals surface area contributed by atoms with E-state index in [4.69, 9.17) is 9.47 Å². The van der Waals surface area contributed by atoms with Crippen molar-refractivity contribution in [1.29, 1.82) is 0 Å². The van der Waals surface area contributed by atoms with Crippen LogP contribution >= 0.6 is 0 Å². The van der Waals surface area contributed by atoms with Gasteiger partial charge in [0.2, 0.25) is 5.91 Å². The highest BCUT2D eigenvalue weighted by Gasteiger charge is 2.33. The van der Waals surface area contributed by atoms with Crippen LogP contribution in [0.3, 0.4) is 0 Å². The summed E-state index contributed by atoms with van der Waals surface area (Å²) < 4.78 is 24.7. The van der Waals surface area contributed by atoms with E-state index in [0.29, 0.717) is 26.2 Å². The molecular formula is C19H27FN2O3. The fourth-order valence-electron chi connectivity index (χ4n) is 3.68. The summed E-state index contributed by atoms with van der Waals surface area (Å²) in [5.41, 5.74) is 0.944. The van der Waals surface area contributed by atoms with Crippen LogP contribution in [-0.4, -0.2) is 66.7 Å². The van der Waals surface area contributed by atoms with E-state index in [1.807, 2.05) is 25.7 Å². The molecular weight excluding hydrogens is 323 g/mol. The summed E-state index contributed by atoms with van der Waals surface area (Å²) in [6.07, 6.45) is 0.000224. The van der Waals surface area contributed by atoms with E-state index in [1.54, 1.807) is 12.1 Å². The number of halogens is 1. The number of nitrogens with zero attached hydrogens (tertiary/aromatic N) is 2. The first kappa shape index (κ1) is 18.3. The molecule has 1 aromatic carbocycles. The quantitative estimate of drug-likeness (QED) is 0.838. The fraction of sp³-hybridized carbons (Fsp3) is 0.632. The monoisotopic (exact) mass is 350 g/mol. The topological polar surface area (TPSA) is 42.0 Å². The van der Waals surface area contributed by atoms with E-state index < -0.39 is 0 Å². The van der Waals surface area contributed by atoms with Crippen molar-refractivity contribution in [2.45, 2.75) is 45.1 Å². The van der Waals surface area contributed by atoms with E-state index in [2.05, 4.69) is 4.90 Å². The predicted molar refractivity (Wildman–Crippen MR) is 92.7 cm³/mol. The first-order valence-electron chi connectivity index (χ1n) is 8.99. The second-order valence-corrected chi connectivity index (χ2v) is 7.08. The Kier molecular flexibility index (Phi) is 5.71. The molecule has 1 amide bonds. The molecule has 0 radical (unpaired) electrons. The first-order chi connectivity index (χ1) is 11.9. The second kappa shape index (κ2) is 7.81. The highest BCUT2D eigenvalue weighted by molar-refractivity contribution is 5.81. The van der Waals surface area contributed by atoms with Gasteiger partial charge in [-0.1, -0.05) is 12.1 Å². The van der Waals surface area contributed by atoms with Crippen molar-refractivity contribution in [3.8, 4) is 0 Å². The average Bonchev–Trinajstić information content (AvgIpc) is 2.60. The second-order valence-electron chi connectivity index (χ2n) is 7.08. The molecule has 0 N–H and O–H groups in total. The third-order valence-electron chi connectivity index (χ3n) is 4.98. The van der Waals surface area contributed by atoms with Gasteiger partial charge in [-0.05, 0) is 38.5 Å². The maximum atomic E-state index is 13.1. The highest BCUT2D eigenvalue weighted by Crippen LogP contribution is 2.24. The Bertz CT molecular complexity index is 585. The zero-order valence-electron chi connectivity index (χ0n) is 15.2. The number of morpholine rings is 2. The Morgan fingerprint density at radius 2 is 1.80 bits per heavy atom. The maximum Gasteiger partial charge on any atom is 0.239 e. The molecule has 0 saturated carbocycles. The van der Waals surface area contributed by atoms with Crippen LogP contribution in [-0.2, 0) is 14.3 Å². The van der Waals surface area contributed by atoms with E-state index in [1.165, 1.54) is 12.1 Å². The van der Waals surface area contributed by atoms with Crippen molar-refractivity contribution in [3.63, 3.8) is 0 Å². The molecule has 2 aliphatic rings. The lowest BCUT2D eigenvalue weighted by atomic mass is 10.1. The summed E-state index contributed by atoms with van der Waals surface area (Å²) in [6.45, 7) is 9.15. The largest absolute Gasteiger partial charge is 0.372 e. The number of carbonyl (C=O) groups excluding carboxylic acids is 1. The van der Waals surface area contributed by atoms with Gasteiger partial charge < -0.3 is 14.4 Å². The Balaban J connectivity index is 1.64. The Labute approximate surface area is 148 Å². The molecule has 0 aromatic heterocycles. The summed E-state index contributed by atoms with van der Waals surface area (Å²) >= 11 is 0. The van der Waals surface area contributed by atoms with Gasteiger partial charge in [-0.2, -0.15) is 0 Å². The minimum atomic E-state index is -0.254. The van der Waals surface area contributed by atoms with Crippen molar-refractivity contribution >= 4 is 5.91 Å². The van der Waals surface area contributed by atoms with Crippen LogP contribution in [0.4, 0.5) is 4.39 Å². The van der Waals surface area contributed by atoms with Gasteiger partial charge in [0, 0.05) is 26.2 Å². The van der Waals surface area contributed by atoms with Crippen LogP contribution in [0.5, 0.6) is 0 Å². The summed E-state index contributed by atoms with van der Waals surface area (Å²) in [5, 5.41) is 0. The minimum Gasteiger partial charge on any atom is -0.372 e. The van der Waals surface area contributed by atoms with Crippen molar-refractivity contribution in [3.05, 3.63) is 35.6 Å². The molecule has 2 heterocycles. The summed E-state index contributed by atoms with van der Waals surface area (Å²) in [7, 11) is 0. The number of carbonyl (C=O) groups is 1. The Morgan fingerprint density at radius 3 is 2.44 bits per heavy atom. The molecule has 6 heteroatoms. The molecule has 0 aliphatic carbocycles. The smallest absolute Gasteiger partial charge is 0.239 e. The number of benzene rings is 1. The van der Waals surface area contributed by atoms with Gasteiger partial charge in [-0.15, -0.1) is 0 Å². The molecule has 4 unspecified atom stereocenters. The van der Waals surface area contributed by atoms with E-state index in [-0.39, 0.29) is 36.1 Å². The van der Waals surface area contributed by atoms with Crippen molar-refractivity contribution in [1.82, 2.24) is 9.80 Å². The molecule has 2 fully saturated rings. The van der Waals surface area contributed by atoms with E-state index >= 15 is 0 Å². The molecule has 25 heavy (non-hydrogen) atoms. The first-order valence-corrected chi connectivity index (χ1v) is 8.99. The Morgan fingerprint density at radius 1 is 1.16 bits per heavy atom. The zero-order valence-corrected chi connectivity index (χ0v) is 15.2. The van der Waals surface area contributed by atoms with Crippen LogP contribution in [0.15, 0.2) is 24.3 Å². The lowest BCUT2D eigenvalue weighted by Gasteiger charge is -2.41. The molecule has 2 saturated heterocycles. The molecule has 2 aliphatic heterocycles. The van der Waals surface area contributed by atoms with Gasteiger partial charge >= 0.3 is 0 Å². The normalized spacial score (nSPS) is 29.4. The minimum absolute atomic E-state index is 0.0663. The zero-order chi connectivity index (χ0) is 18.0. The average molecular weight is 350 g/mol. The van der Waals surface area contributed by atoms with E-state index in [9.17, 15) is 9.18 Å². The Hall–Kier alpha value is -1.50.